The summed E-state index contributed by atoms with van der Waals surface area (Å²) in [5.41, 5.74) is -0.472. The Balaban J connectivity index is 1.61. The number of alkyl halides is 3. The van der Waals surface area contributed by atoms with Crippen LogP contribution in [-0.2, 0) is 17.5 Å². The molecular weight excluding hydrogens is 323 g/mol. The number of halogens is 3. The van der Waals surface area contributed by atoms with E-state index in [2.05, 4.69) is 20.8 Å². The van der Waals surface area contributed by atoms with E-state index in [0.717, 1.165) is 38.2 Å². The van der Waals surface area contributed by atoms with Gasteiger partial charge in [-0.25, -0.2) is 0 Å². The van der Waals surface area contributed by atoms with Gasteiger partial charge in [0.2, 0.25) is 5.91 Å². The third-order valence-corrected chi connectivity index (χ3v) is 4.19. The van der Waals surface area contributed by atoms with E-state index in [9.17, 15) is 18.0 Å². The first-order chi connectivity index (χ1) is 11.4. The van der Waals surface area contributed by atoms with Gasteiger partial charge in [-0.3, -0.25) is 9.20 Å². The van der Waals surface area contributed by atoms with Crippen molar-refractivity contribution >= 4 is 11.6 Å². The maximum atomic E-state index is 12.8. The minimum Gasteiger partial charge on any atom is -0.349 e. The second kappa shape index (κ2) is 6.76. The molecule has 0 aromatic carbocycles. The van der Waals surface area contributed by atoms with Crippen LogP contribution in [0.25, 0.3) is 5.65 Å². The lowest BCUT2D eigenvalue weighted by atomic mass is 10.0. The zero-order valence-electron chi connectivity index (χ0n) is 12.9. The van der Waals surface area contributed by atoms with Crippen LogP contribution in [0.4, 0.5) is 13.2 Å². The van der Waals surface area contributed by atoms with Gasteiger partial charge in [0.15, 0.2) is 11.5 Å². The quantitative estimate of drug-likeness (QED) is 0.869. The van der Waals surface area contributed by atoms with E-state index in [4.69, 9.17) is 0 Å². The number of hydrogen-bond acceptors (Lipinski definition) is 4. The Morgan fingerprint density at radius 3 is 2.92 bits per heavy atom. The summed E-state index contributed by atoms with van der Waals surface area (Å²) in [5, 5.41) is 13.6. The van der Waals surface area contributed by atoms with Crippen molar-refractivity contribution < 1.29 is 18.0 Å². The Morgan fingerprint density at radius 2 is 2.21 bits per heavy atom. The van der Waals surface area contributed by atoms with Gasteiger partial charge in [-0.2, -0.15) is 13.2 Å². The Morgan fingerprint density at radius 1 is 1.38 bits per heavy atom. The van der Waals surface area contributed by atoms with Gasteiger partial charge in [-0.15, -0.1) is 10.2 Å². The van der Waals surface area contributed by atoms with Gasteiger partial charge in [0.25, 0.3) is 0 Å². The molecule has 1 aliphatic heterocycles. The molecule has 1 fully saturated rings. The molecule has 0 bridgehead atoms. The van der Waals surface area contributed by atoms with Gasteiger partial charge >= 0.3 is 6.18 Å². The molecule has 1 unspecified atom stereocenters. The van der Waals surface area contributed by atoms with Crippen molar-refractivity contribution in [2.45, 2.75) is 32.0 Å². The van der Waals surface area contributed by atoms with Crippen molar-refractivity contribution in [2.75, 3.05) is 13.1 Å². The van der Waals surface area contributed by atoms with Gasteiger partial charge in [0.1, 0.15) is 0 Å². The molecular formula is C15H18F3N5O. The Labute approximate surface area is 136 Å². The average molecular weight is 341 g/mol. The molecule has 24 heavy (non-hydrogen) atoms. The summed E-state index contributed by atoms with van der Waals surface area (Å²) in [6.07, 6.45) is -1.22. The number of pyridine rings is 1. The standard InChI is InChI=1S/C15H18F3N5O/c16-15(17,18)11-2-3-12-21-22-13(23(12)9-11)8-20-14(24)4-1-10-5-6-19-7-10/h2-3,9-10,19H,1,4-8H2,(H,20,24). The van der Waals surface area contributed by atoms with Crippen LogP contribution in [0.15, 0.2) is 18.3 Å². The normalized spacial score (nSPS) is 18.2. The summed E-state index contributed by atoms with van der Waals surface area (Å²) in [4.78, 5) is 11.9. The lowest BCUT2D eigenvalue weighted by molar-refractivity contribution is -0.137. The monoisotopic (exact) mass is 341 g/mol. The highest BCUT2D eigenvalue weighted by Crippen LogP contribution is 2.29. The predicted octanol–water partition coefficient (Wildman–Crippen LogP) is 1.75. The third kappa shape index (κ3) is 3.84. The molecule has 1 aliphatic rings. The number of rotatable bonds is 5. The van der Waals surface area contributed by atoms with E-state index in [-0.39, 0.29) is 18.3 Å². The van der Waals surface area contributed by atoms with Gasteiger partial charge < -0.3 is 10.6 Å². The Hall–Kier alpha value is -2.16. The highest BCUT2D eigenvalue weighted by molar-refractivity contribution is 5.75. The van der Waals surface area contributed by atoms with Gasteiger partial charge in [-0.05, 0) is 44.0 Å². The van der Waals surface area contributed by atoms with E-state index in [1.807, 2.05) is 0 Å². The van der Waals surface area contributed by atoms with Crippen molar-refractivity contribution in [2.24, 2.45) is 5.92 Å². The van der Waals surface area contributed by atoms with Gasteiger partial charge in [0, 0.05) is 12.6 Å². The van der Waals surface area contributed by atoms with Crippen molar-refractivity contribution in [3.8, 4) is 0 Å². The van der Waals surface area contributed by atoms with Crippen LogP contribution in [0.1, 0.15) is 30.7 Å². The molecule has 0 radical (unpaired) electrons. The summed E-state index contributed by atoms with van der Waals surface area (Å²) in [5.74, 6) is 0.650. The highest BCUT2D eigenvalue weighted by Gasteiger charge is 2.31. The fraction of sp³-hybridized carbons (Fsp3) is 0.533. The van der Waals surface area contributed by atoms with Crippen LogP contribution >= 0.6 is 0 Å². The number of carbonyl (C=O) groups is 1. The Bertz CT molecular complexity index is 721. The molecule has 130 valence electrons. The van der Waals surface area contributed by atoms with Crippen LogP contribution in [0.2, 0.25) is 0 Å². The molecule has 1 atom stereocenters. The molecule has 1 amide bonds. The maximum absolute atomic E-state index is 12.8. The molecule has 1 saturated heterocycles. The van der Waals surface area contributed by atoms with E-state index in [1.54, 1.807) is 0 Å². The molecule has 2 aromatic heterocycles. The second-order valence-corrected chi connectivity index (χ2v) is 5.93. The molecule has 3 heterocycles. The fourth-order valence-corrected chi connectivity index (χ4v) is 2.79. The number of nitrogens with zero attached hydrogens (tertiary/aromatic N) is 3. The lowest BCUT2D eigenvalue weighted by Crippen LogP contribution is -2.24. The molecule has 9 heteroatoms. The third-order valence-electron chi connectivity index (χ3n) is 4.19. The number of amides is 1. The minimum atomic E-state index is -4.44. The summed E-state index contributed by atoms with van der Waals surface area (Å²) in [6, 6.07) is 2.22. The molecule has 0 saturated carbocycles. The predicted molar refractivity (Wildman–Crippen MR) is 80.0 cm³/mol. The second-order valence-electron chi connectivity index (χ2n) is 5.93. The first kappa shape index (κ1) is 16.7. The number of carbonyl (C=O) groups excluding carboxylic acids is 1. The zero-order valence-corrected chi connectivity index (χ0v) is 12.9. The van der Waals surface area contributed by atoms with Crippen LogP contribution in [0.3, 0.4) is 0 Å². The van der Waals surface area contributed by atoms with E-state index in [1.165, 1.54) is 10.5 Å². The summed E-state index contributed by atoms with van der Waals surface area (Å²) >= 11 is 0. The van der Waals surface area contributed by atoms with E-state index >= 15 is 0 Å². The summed E-state index contributed by atoms with van der Waals surface area (Å²) in [7, 11) is 0. The lowest BCUT2D eigenvalue weighted by Gasteiger charge is -2.09. The fourth-order valence-electron chi connectivity index (χ4n) is 2.79. The maximum Gasteiger partial charge on any atom is 0.417 e. The first-order valence-corrected chi connectivity index (χ1v) is 7.82. The zero-order chi connectivity index (χ0) is 17.2. The largest absolute Gasteiger partial charge is 0.417 e. The van der Waals surface area contributed by atoms with Crippen molar-refractivity contribution in [3.05, 3.63) is 29.7 Å². The van der Waals surface area contributed by atoms with Crippen molar-refractivity contribution in [1.82, 2.24) is 25.2 Å². The number of nitrogens with one attached hydrogen (secondary N) is 2. The number of aromatic nitrogens is 3. The van der Waals surface area contributed by atoms with Crippen molar-refractivity contribution in [3.63, 3.8) is 0 Å². The summed E-state index contributed by atoms with van der Waals surface area (Å²) < 4.78 is 39.6. The number of hydrogen-bond donors (Lipinski definition) is 2. The van der Waals surface area contributed by atoms with Crippen molar-refractivity contribution in [1.29, 1.82) is 0 Å². The van der Waals surface area contributed by atoms with E-state index in [0.29, 0.717) is 18.0 Å². The molecule has 3 rings (SSSR count). The molecule has 2 N–H and O–H groups in total. The van der Waals surface area contributed by atoms with Gasteiger partial charge in [0.05, 0.1) is 12.1 Å². The average Bonchev–Trinajstić information content (AvgIpc) is 3.19. The Kier molecular flexibility index (Phi) is 4.70. The molecule has 6 nitrogen and oxygen atoms in total. The van der Waals surface area contributed by atoms with Crippen LogP contribution in [0, 0.1) is 5.92 Å². The SMILES string of the molecule is O=C(CCC1CCNC1)NCc1nnc2ccc(C(F)(F)F)cn12. The first-order valence-electron chi connectivity index (χ1n) is 7.82. The summed E-state index contributed by atoms with van der Waals surface area (Å²) in [6.45, 7) is 1.96. The molecule has 0 aliphatic carbocycles. The molecule has 2 aromatic rings. The van der Waals surface area contributed by atoms with Gasteiger partial charge in [-0.1, -0.05) is 0 Å². The molecule has 0 spiro atoms. The highest BCUT2D eigenvalue weighted by atomic mass is 19.4. The smallest absolute Gasteiger partial charge is 0.349 e. The topological polar surface area (TPSA) is 71.3 Å². The van der Waals surface area contributed by atoms with Crippen LogP contribution in [0.5, 0.6) is 0 Å². The number of fused-ring (bicyclic) bond motifs is 1. The van der Waals surface area contributed by atoms with Crippen LogP contribution in [-0.4, -0.2) is 33.6 Å². The van der Waals surface area contributed by atoms with E-state index < -0.39 is 11.7 Å². The minimum absolute atomic E-state index is 0.0459. The van der Waals surface area contributed by atoms with Crippen LogP contribution < -0.4 is 10.6 Å².